The Bertz CT molecular complexity index is 170. The van der Waals surface area contributed by atoms with Crippen LogP contribution in [0.15, 0.2) is 0 Å². The Balaban J connectivity index is 3.86. The molecule has 6 heteroatoms. The molecule has 78 valence electrons. The second-order valence-electron chi connectivity index (χ2n) is 2.54. The van der Waals surface area contributed by atoms with Gasteiger partial charge in [0.1, 0.15) is 9.17 Å². The molecule has 2 nitrogen and oxygen atoms in total. The highest BCUT2D eigenvalue weighted by Gasteiger charge is 2.28. The van der Waals surface area contributed by atoms with E-state index in [1.165, 1.54) is 7.11 Å². The van der Waals surface area contributed by atoms with Crippen molar-refractivity contribution in [3.8, 4) is 0 Å². The third-order valence-electron chi connectivity index (χ3n) is 1.36. The maximum atomic E-state index is 10.8. The molecule has 0 amide bonds. The maximum Gasteiger partial charge on any atom is 0.308 e. The Hall–Kier alpha value is 0.630. The van der Waals surface area contributed by atoms with Gasteiger partial charge in [-0.3, -0.25) is 4.79 Å². The zero-order chi connectivity index (χ0) is 10.5. The molecule has 0 aliphatic heterocycles. The van der Waals surface area contributed by atoms with Crippen LogP contribution in [0.1, 0.15) is 19.3 Å². The van der Waals surface area contributed by atoms with Crippen molar-refractivity contribution in [1.82, 2.24) is 0 Å². The fourth-order valence-electron chi connectivity index (χ4n) is 0.692. The Morgan fingerprint density at radius 1 is 1.46 bits per heavy atom. The van der Waals surface area contributed by atoms with Crippen molar-refractivity contribution in [3.63, 3.8) is 0 Å². The molecule has 0 fully saturated rings. The molecule has 0 saturated heterocycles. The Kier molecular flexibility index (Phi) is 6.48. The van der Waals surface area contributed by atoms with Crippen molar-refractivity contribution in [3.05, 3.63) is 0 Å². The van der Waals surface area contributed by atoms with E-state index in [2.05, 4.69) is 4.74 Å². The summed E-state index contributed by atoms with van der Waals surface area (Å²) in [5.74, 6) is -0.453. The van der Waals surface area contributed by atoms with Crippen LogP contribution in [0.5, 0.6) is 0 Å². The first-order valence-electron chi connectivity index (χ1n) is 3.60. The van der Waals surface area contributed by atoms with Crippen molar-refractivity contribution in [1.29, 1.82) is 0 Å². The van der Waals surface area contributed by atoms with Gasteiger partial charge < -0.3 is 4.74 Å². The highest BCUT2D eigenvalue weighted by Crippen LogP contribution is 2.32. The number of rotatable bonds is 5. The summed E-state index contributed by atoms with van der Waals surface area (Å²) in [5, 5.41) is 0. The van der Waals surface area contributed by atoms with E-state index < -0.39 is 15.1 Å². The standard InChI is InChI=1S/C7H10Cl4O2/c1-13-6(12)4-7(10,11)3-2-5(8)9/h5H,2-4H2,1H3. The van der Waals surface area contributed by atoms with Crippen molar-refractivity contribution in [2.45, 2.75) is 28.4 Å². The Morgan fingerprint density at radius 2 is 2.00 bits per heavy atom. The van der Waals surface area contributed by atoms with Crippen LogP contribution >= 0.6 is 46.4 Å². The lowest BCUT2D eigenvalue weighted by Crippen LogP contribution is -2.20. The third kappa shape index (κ3) is 7.68. The number of methoxy groups -OCH3 is 1. The molecular formula is C7H10Cl4O2. The maximum absolute atomic E-state index is 10.8. The summed E-state index contributed by atoms with van der Waals surface area (Å²) >= 11 is 22.6. The summed E-state index contributed by atoms with van der Waals surface area (Å²) in [6, 6.07) is 0. The van der Waals surface area contributed by atoms with Gasteiger partial charge in [-0.1, -0.05) is 0 Å². The lowest BCUT2D eigenvalue weighted by molar-refractivity contribution is -0.140. The monoisotopic (exact) mass is 266 g/mol. The lowest BCUT2D eigenvalue weighted by Gasteiger charge is -2.17. The highest BCUT2D eigenvalue weighted by atomic mass is 35.5. The summed E-state index contributed by atoms with van der Waals surface area (Å²) in [4.78, 5) is 10.3. The van der Waals surface area contributed by atoms with Gasteiger partial charge in [0.2, 0.25) is 0 Å². The van der Waals surface area contributed by atoms with Crippen molar-refractivity contribution < 1.29 is 9.53 Å². The van der Waals surface area contributed by atoms with Crippen LogP contribution in [0, 0.1) is 0 Å². The minimum Gasteiger partial charge on any atom is -0.469 e. The van der Waals surface area contributed by atoms with Crippen LogP contribution < -0.4 is 0 Å². The summed E-state index contributed by atoms with van der Waals surface area (Å²) in [6.45, 7) is 0. The first kappa shape index (κ1) is 13.6. The third-order valence-corrected chi connectivity index (χ3v) is 2.44. The molecule has 0 aliphatic carbocycles. The molecule has 13 heavy (non-hydrogen) atoms. The number of halogens is 4. The molecular weight excluding hydrogens is 258 g/mol. The predicted molar refractivity (Wildman–Crippen MR) is 55.8 cm³/mol. The van der Waals surface area contributed by atoms with E-state index in [1.54, 1.807) is 0 Å². The second-order valence-corrected chi connectivity index (χ2v) is 5.46. The number of esters is 1. The fourth-order valence-corrected chi connectivity index (χ4v) is 1.35. The van der Waals surface area contributed by atoms with Crippen molar-refractivity contribution >= 4 is 52.4 Å². The van der Waals surface area contributed by atoms with E-state index in [1.807, 2.05) is 0 Å². The Morgan fingerprint density at radius 3 is 2.38 bits per heavy atom. The first-order chi connectivity index (χ1) is 5.87. The van der Waals surface area contributed by atoms with Crippen molar-refractivity contribution in [2.75, 3.05) is 7.11 Å². The number of ether oxygens (including phenoxy) is 1. The summed E-state index contributed by atoms with van der Waals surface area (Å²) in [5.41, 5.74) is 0. The summed E-state index contributed by atoms with van der Waals surface area (Å²) in [7, 11) is 1.28. The fraction of sp³-hybridized carbons (Fsp3) is 0.857. The topological polar surface area (TPSA) is 26.3 Å². The minimum absolute atomic E-state index is 0.0624. The number of hydrogen-bond acceptors (Lipinski definition) is 2. The smallest absolute Gasteiger partial charge is 0.308 e. The van der Waals surface area contributed by atoms with Gasteiger partial charge in [-0.05, 0) is 12.8 Å². The van der Waals surface area contributed by atoms with E-state index in [-0.39, 0.29) is 6.42 Å². The average Bonchev–Trinajstić information content (AvgIpc) is 2.00. The number of alkyl halides is 4. The number of hydrogen-bond donors (Lipinski definition) is 0. The highest BCUT2D eigenvalue weighted by molar-refractivity contribution is 6.49. The van der Waals surface area contributed by atoms with Gasteiger partial charge in [0, 0.05) is 0 Å². The normalized spacial score (nSPS) is 11.8. The average molecular weight is 268 g/mol. The van der Waals surface area contributed by atoms with Crippen LogP contribution in [-0.4, -0.2) is 22.2 Å². The molecule has 0 spiro atoms. The molecule has 0 aliphatic rings. The molecule has 0 aromatic carbocycles. The van der Waals surface area contributed by atoms with Crippen LogP contribution in [0.4, 0.5) is 0 Å². The molecule has 0 aromatic rings. The molecule has 0 aromatic heterocycles. The number of carbonyl (C=O) groups is 1. The van der Waals surface area contributed by atoms with E-state index in [9.17, 15) is 4.79 Å². The zero-order valence-corrected chi connectivity index (χ0v) is 10.1. The molecule has 0 atom stereocenters. The van der Waals surface area contributed by atoms with E-state index in [0.717, 1.165) is 0 Å². The van der Waals surface area contributed by atoms with E-state index in [4.69, 9.17) is 46.4 Å². The second kappa shape index (κ2) is 6.18. The molecule has 0 bridgehead atoms. The van der Waals surface area contributed by atoms with E-state index >= 15 is 0 Å². The van der Waals surface area contributed by atoms with Gasteiger partial charge in [-0.15, -0.1) is 46.4 Å². The quantitative estimate of drug-likeness (QED) is 0.564. The van der Waals surface area contributed by atoms with Gasteiger partial charge >= 0.3 is 5.97 Å². The van der Waals surface area contributed by atoms with Crippen LogP contribution in [0.25, 0.3) is 0 Å². The van der Waals surface area contributed by atoms with Gasteiger partial charge in [0.05, 0.1) is 13.5 Å². The van der Waals surface area contributed by atoms with Crippen LogP contribution in [0.2, 0.25) is 0 Å². The molecule has 0 N–H and O–H groups in total. The Labute approximate surface area is 97.4 Å². The zero-order valence-electron chi connectivity index (χ0n) is 7.03. The summed E-state index contributed by atoms with van der Waals surface area (Å²) in [6.07, 6.45) is 0.725. The number of carbonyl (C=O) groups excluding carboxylic acids is 1. The van der Waals surface area contributed by atoms with Gasteiger partial charge in [0.25, 0.3) is 0 Å². The minimum atomic E-state index is -1.14. The van der Waals surface area contributed by atoms with E-state index in [0.29, 0.717) is 12.8 Å². The van der Waals surface area contributed by atoms with Crippen LogP contribution in [-0.2, 0) is 9.53 Å². The van der Waals surface area contributed by atoms with Gasteiger partial charge in [-0.2, -0.15) is 0 Å². The first-order valence-corrected chi connectivity index (χ1v) is 5.23. The largest absolute Gasteiger partial charge is 0.469 e. The lowest BCUT2D eigenvalue weighted by atomic mass is 10.2. The SMILES string of the molecule is COC(=O)CC(Cl)(Cl)CCC(Cl)Cl. The molecule has 0 radical (unpaired) electrons. The summed E-state index contributed by atoms with van der Waals surface area (Å²) < 4.78 is 3.28. The molecule has 0 unspecified atom stereocenters. The molecule has 0 saturated carbocycles. The van der Waals surface area contributed by atoms with Crippen LogP contribution in [0.3, 0.4) is 0 Å². The van der Waals surface area contributed by atoms with Crippen molar-refractivity contribution in [2.24, 2.45) is 0 Å². The van der Waals surface area contributed by atoms with Gasteiger partial charge in [-0.25, -0.2) is 0 Å². The molecule has 0 heterocycles. The molecule has 0 rings (SSSR count). The predicted octanol–water partition coefficient (Wildman–Crippen LogP) is 3.31. The van der Waals surface area contributed by atoms with Gasteiger partial charge in [0.15, 0.2) is 0 Å².